The molecule has 1 amide bonds. The number of carbonyl (C=O) groups excluding carboxylic acids is 1. The lowest BCUT2D eigenvalue weighted by atomic mass is 9.76. The van der Waals surface area contributed by atoms with E-state index in [1.54, 1.807) is 11.1 Å². The van der Waals surface area contributed by atoms with Gasteiger partial charge in [-0.15, -0.1) is 0 Å². The van der Waals surface area contributed by atoms with Gasteiger partial charge in [0.05, 0.1) is 37.5 Å². The Bertz CT molecular complexity index is 1280. The first-order chi connectivity index (χ1) is 20.3. The van der Waals surface area contributed by atoms with E-state index in [1.165, 1.54) is 24.0 Å². The summed E-state index contributed by atoms with van der Waals surface area (Å²) in [6.45, 7) is 2.24. The number of aliphatic carboxylic acids is 3. The summed E-state index contributed by atoms with van der Waals surface area (Å²) in [5.41, 5.74) is -0.0149. The molecule has 3 atom stereocenters. The monoisotopic (exact) mass is 600 g/mol. The zero-order valence-corrected chi connectivity index (χ0v) is 24.5. The fourth-order valence-corrected chi connectivity index (χ4v) is 6.73. The maximum Gasteiger partial charge on any atom is 0.336 e. The maximum absolute atomic E-state index is 13.0. The second-order valence-corrected chi connectivity index (χ2v) is 11.9. The molecule has 3 unspecified atom stereocenters. The summed E-state index contributed by atoms with van der Waals surface area (Å²) in [6.07, 6.45) is 6.91. The van der Waals surface area contributed by atoms with E-state index < -0.39 is 36.4 Å². The van der Waals surface area contributed by atoms with Crippen LogP contribution in [0.25, 0.3) is 0 Å². The zero-order valence-electron chi connectivity index (χ0n) is 24.5. The summed E-state index contributed by atoms with van der Waals surface area (Å²) in [5.74, 6) is -4.92. The third kappa shape index (κ3) is 7.40. The number of aromatic nitrogens is 2. The zero-order chi connectivity index (χ0) is 31.4. The summed E-state index contributed by atoms with van der Waals surface area (Å²) in [4.78, 5) is 47.8. The number of benzene rings is 1. The fraction of sp³-hybridized carbons (Fsp3) is 0.567. The number of rotatable bonds is 10. The van der Waals surface area contributed by atoms with Crippen LogP contribution in [0.5, 0.6) is 0 Å². The number of carbonyl (C=O) groups is 4. The van der Waals surface area contributed by atoms with Crippen LogP contribution in [0.15, 0.2) is 42.7 Å². The van der Waals surface area contributed by atoms with Crippen LogP contribution in [-0.2, 0) is 42.5 Å². The number of hydrogen-bond acceptors (Lipinski definition) is 8. The van der Waals surface area contributed by atoms with Crippen LogP contribution in [0.3, 0.4) is 0 Å². The van der Waals surface area contributed by atoms with Crippen LogP contribution in [-0.4, -0.2) is 109 Å². The van der Waals surface area contributed by atoms with Crippen LogP contribution in [0.1, 0.15) is 49.7 Å². The van der Waals surface area contributed by atoms with Crippen LogP contribution < -0.4 is 0 Å². The first-order valence-electron chi connectivity index (χ1n) is 14.4. The Morgan fingerprint density at radius 3 is 2.19 bits per heavy atom. The molecule has 2 fully saturated rings. The van der Waals surface area contributed by atoms with E-state index in [4.69, 9.17) is 25.2 Å². The SMILES string of the molecule is CN(C)C(=O)C(CN1C2CCC1CC1(C2)OCCc2ccccc21)Cn1cccn1.O=C(O)CC(O)(CC(=O)O)C(=O)O. The van der Waals surface area contributed by atoms with E-state index in [0.717, 1.165) is 32.4 Å². The van der Waals surface area contributed by atoms with Crippen LogP contribution in [0.4, 0.5) is 0 Å². The first-order valence-corrected chi connectivity index (χ1v) is 14.4. The topological polar surface area (TPSA) is 183 Å². The lowest BCUT2D eigenvalue weighted by molar-refractivity contribution is -0.170. The van der Waals surface area contributed by atoms with Crippen molar-refractivity contribution in [1.29, 1.82) is 0 Å². The molecule has 2 bridgehead atoms. The van der Waals surface area contributed by atoms with Crippen molar-refractivity contribution in [2.45, 2.75) is 74.8 Å². The smallest absolute Gasteiger partial charge is 0.336 e. The number of ether oxygens (including phenoxy) is 1. The average Bonchev–Trinajstić information content (AvgIpc) is 3.53. The number of amides is 1. The van der Waals surface area contributed by atoms with Gasteiger partial charge in [-0.3, -0.25) is 24.0 Å². The molecule has 4 N–H and O–H groups in total. The third-order valence-corrected chi connectivity index (χ3v) is 8.63. The Kier molecular flexibility index (Phi) is 9.88. The Balaban J connectivity index is 0.000000277. The Hall–Kier alpha value is -3.81. The molecule has 1 aromatic heterocycles. The number of piperidine rings is 1. The number of nitrogens with zero attached hydrogens (tertiary/aromatic N) is 4. The van der Waals surface area contributed by atoms with E-state index in [9.17, 15) is 19.2 Å². The molecule has 2 saturated heterocycles. The van der Waals surface area contributed by atoms with Crippen LogP contribution in [0.2, 0.25) is 0 Å². The normalized spacial score (nSPS) is 23.5. The highest BCUT2D eigenvalue weighted by Crippen LogP contribution is 2.50. The van der Waals surface area contributed by atoms with Gasteiger partial charge in [-0.1, -0.05) is 24.3 Å². The van der Waals surface area contributed by atoms with Crippen molar-refractivity contribution >= 4 is 23.8 Å². The van der Waals surface area contributed by atoms with Crippen LogP contribution >= 0.6 is 0 Å². The molecule has 1 spiro atoms. The number of carboxylic acid groups (broad SMARTS) is 3. The second-order valence-electron chi connectivity index (χ2n) is 11.9. The number of fused-ring (bicyclic) bond motifs is 4. The lowest BCUT2D eigenvalue weighted by Crippen LogP contribution is -2.54. The molecule has 0 radical (unpaired) electrons. The molecule has 3 aliphatic heterocycles. The van der Waals surface area contributed by atoms with Gasteiger partial charge in [-0.05, 0) is 49.3 Å². The van der Waals surface area contributed by atoms with Gasteiger partial charge in [0.1, 0.15) is 0 Å². The van der Waals surface area contributed by atoms with Gasteiger partial charge in [0.2, 0.25) is 5.91 Å². The number of hydrogen-bond donors (Lipinski definition) is 4. The van der Waals surface area contributed by atoms with E-state index in [1.807, 2.05) is 31.0 Å². The van der Waals surface area contributed by atoms with Gasteiger partial charge in [-0.2, -0.15) is 5.10 Å². The highest BCUT2D eigenvalue weighted by Gasteiger charge is 2.52. The fourth-order valence-electron chi connectivity index (χ4n) is 6.73. The van der Waals surface area contributed by atoms with E-state index in [-0.39, 0.29) is 17.4 Å². The van der Waals surface area contributed by atoms with Crippen molar-refractivity contribution in [2.75, 3.05) is 27.2 Å². The van der Waals surface area contributed by atoms with E-state index in [0.29, 0.717) is 18.6 Å². The van der Waals surface area contributed by atoms with E-state index >= 15 is 0 Å². The van der Waals surface area contributed by atoms with Crippen molar-refractivity contribution in [3.63, 3.8) is 0 Å². The Morgan fingerprint density at radius 2 is 1.65 bits per heavy atom. The van der Waals surface area contributed by atoms with Crippen molar-refractivity contribution < 1.29 is 44.3 Å². The molecule has 13 nitrogen and oxygen atoms in total. The maximum atomic E-state index is 13.0. The minimum absolute atomic E-state index is 0.0865. The van der Waals surface area contributed by atoms with Gasteiger partial charge in [0, 0.05) is 45.1 Å². The summed E-state index contributed by atoms with van der Waals surface area (Å²) in [5, 5.41) is 38.2. The largest absolute Gasteiger partial charge is 0.481 e. The Morgan fingerprint density at radius 1 is 1.02 bits per heavy atom. The molecule has 3 aliphatic rings. The van der Waals surface area contributed by atoms with Gasteiger partial charge in [0.25, 0.3) is 0 Å². The summed E-state index contributed by atoms with van der Waals surface area (Å²) in [6, 6.07) is 11.7. The molecule has 234 valence electrons. The van der Waals surface area contributed by atoms with Crippen molar-refractivity contribution in [2.24, 2.45) is 5.92 Å². The second kappa shape index (κ2) is 13.2. The summed E-state index contributed by atoms with van der Waals surface area (Å²) < 4.78 is 8.41. The molecule has 43 heavy (non-hydrogen) atoms. The van der Waals surface area contributed by atoms with Crippen molar-refractivity contribution in [3.8, 4) is 0 Å². The molecule has 2 aromatic rings. The molecule has 1 aromatic carbocycles. The molecule has 0 saturated carbocycles. The summed E-state index contributed by atoms with van der Waals surface area (Å²) >= 11 is 0. The highest BCUT2D eigenvalue weighted by atomic mass is 16.5. The minimum atomic E-state index is -2.74. The highest BCUT2D eigenvalue weighted by molar-refractivity contribution is 5.88. The van der Waals surface area contributed by atoms with Crippen molar-refractivity contribution in [3.05, 3.63) is 53.9 Å². The third-order valence-electron chi connectivity index (χ3n) is 8.63. The predicted molar refractivity (Wildman–Crippen MR) is 152 cm³/mol. The first kappa shape index (κ1) is 32.1. The van der Waals surface area contributed by atoms with Gasteiger partial charge in [0.15, 0.2) is 5.60 Å². The lowest BCUT2D eigenvalue weighted by Gasteiger charge is -2.49. The molecule has 5 rings (SSSR count). The molecular formula is C30H40N4O9. The van der Waals surface area contributed by atoms with Gasteiger partial charge < -0.3 is 30.1 Å². The molecule has 0 aliphatic carbocycles. The van der Waals surface area contributed by atoms with Crippen molar-refractivity contribution in [1.82, 2.24) is 19.6 Å². The van der Waals surface area contributed by atoms with Gasteiger partial charge in [-0.25, -0.2) is 4.79 Å². The summed E-state index contributed by atoms with van der Waals surface area (Å²) in [7, 11) is 3.70. The minimum Gasteiger partial charge on any atom is -0.481 e. The molecule has 4 heterocycles. The number of aliphatic hydroxyl groups is 1. The predicted octanol–water partition coefficient (Wildman–Crippen LogP) is 1.43. The number of carboxylic acids is 3. The van der Waals surface area contributed by atoms with Gasteiger partial charge >= 0.3 is 17.9 Å². The standard InChI is InChI=1S/C24H32N4O2.C6H8O7/c1-26(2)23(29)19(16-27-12-5-11-25-27)17-28-20-8-9-21(28)15-24(14-20)22-7-4-3-6-18(22)10-13-30-24;7-3(8)1-6(13,5(11)12)2-4(9)10/h3-7,11-12,19-21H,8-10,13-17H2,1-2H3;13H,1-2H2,(H,7,8)(H,9,10)(H,11,12). The molecule has 13 heteroatoms. The average molecular weight is 601 g/mol. The Labute approximate surface area is 249 Å². The van der Waals surface area contributed by atoms with E-state index in [2.05, 4.69) is 34.3 Å². The van der Waals surface area contributed by atoms with Crippen LogP contribution in [0, 0.1) is 5.92 Å². The quantitative estimate of drug-likeness (QED) is 0.310. The molecular weight excluding hydrogens is 560 g/mol.